The number of ether oxygens (including phenoxy) is 2. The molecule has 202 valence electrons. The summed E-state index contributed by atoms with van der Waals surface area (Å²) in [7, 11) is 0. The molecule has 0 radical (unpaired) electrons. The number of rotatable bonds is 17. The van der Waals surface area contributed by atoms with Crippen molar-refractivity contribution in [3.05, 3.63) is 58.7 Å². The molecule has 4 nitrogen and oxygen atoms in total. The standard InChI is InChI=1S/C32H52N2O2/c1-9-33(29(7)23-35-31-25(3)17-15-18-26(31)4)21-13-11-12-14-22-34(10-2)30(8)24-36-32-27(5)19-16-20-28(32)6/h15-20,29-30H,9-14,21-24H2,1-8H3/t29-,30-/m1/s1. The summed E-state index contributed by atoms with van der Waals surface area (Å²) in [5.41, 5.74) is 4.88. The summed E-state index contributed by atoms with van der Waals surface area (Å²) >= 11 is 0. The molecular weight excluding hydrogens is 444 g/mol. The zero-order valence-electron chi connectivity index (χ0n) is 24.4. The van der Waals surface area contributed by atoms with E-state index in [4.69, 9.17) is 9.47 Å². The fraction of sp³-hybridized carbons (Fsp3) is 0.625. The summed E-state index contributed by atoms with van der Waals surface area (Å²) in [4.78, 5) is 5.11. The molecule has 0 spiro atoms. The molecule has 0 saturated carbocycles. The zero-order valence-corrected chi connectivity index (χ0v) is 24.4. The Morgan fingerprint density at radius 1 is 0.583 bits per heavy atom. The van der Waals surface area contributed by atoms with Crippen molar-refractivity contribution >= 4 is 0 Å². The molecule has 0 aliphatic carbocycles. The fourth-order valence-electron chi connectivity index (χ4n) is 5.04. The monoisotopic (exact) mass is 496 g/mol. The Hall–Kier alpha value is -2.04. The van der Waals surface area contributed by atoms with Gasteiger partial charge in [0.05, 0.1) is 0 Å². The smallest absolute Gasteiger partial charge is 0.125 e. The second-order valence-electron chi connectivity index (χ2n) is 10.4. The molecule has 2 aromatic rings. The molecule has 36 heavy (non-hydrogen) atoms. The first-order chi connectivity index (χ1) is 17.3. The lowest BCUT2D eigenvalue weighted by atomic mass is 10.1. The lowest BCUT2D eigenvalue weighted by molar-refractivity contribution is 0.144. The first kappa shape index (κ1) is 30.2. The Morgan fingerprint density at radius 2 is 0.917 bits per heavy atom. The molecule has 0 heterocycles. The topological polar surface area (TPSA) is 24.9 Å². The highest BCUT2D eigenvalue weighted by Gasteiger charge is 2.15. The summed E-state index contributed by atoms with van der Waals surface area (Å²) in [6.45, 7) is 23.5. The molecule has 0 aliphatic rings. The van der Waals surface area contributed by atoms with Crippen LogP contribution in [0.3, 0.4) is 0 Å². The fourth-order valence-corrected chi connectivity index (χ4v) is 5.04. The highest BCUT2D eigenvalue weighted by molar-refractivity contribution is 5.40. The molecule has 0 N–H and O–H groups in total. The lowest BCUT2D eigenvalue weighted by Crippen LogP contribution is -2.38. The Kier molecular flexibility index (Phi) is 13.4. The van der Waals surface area contributed by atoms with Crippen molar-refractivity contribution in [1.29, 1.82) is 0 Å². The van der Waals surface area contributed by atoms with Crippen molar-refractivity contribution in [3.63, 3.8) is 0 Å². The Bertz CT molecular complexity index is 784. The highest BCUT2D eigenvalue weighted by atomic mass is 16.5. The minimum Gasteiger partial charge on any atom is -0.491 e. The molecule has 0 saturated heterocycles. The second kappa shape index (κ2) is 15.9. The zero-order chi connectivity index (χ0) is 26.5. The Balaban J connectivity index is 1.66. The lowest BCUT2D eigenvalue weighted by Gasteiger charge is -2.29. The summed E-state index contributed by atoms with van der Waals surface area (Å²) in [5.74, 6) is 2.10. The van der Waals surface area contributed by atoms with Gasteiger partial charge >= 0.3 is 0 Å². The van der Waals surface area contributed by atoms with Crippen LogP contribution in [-0.4, -0.2) is 61.3 Å². The number of hydrogen-bond donors (Lipinski definition) is 0. The molecule has 0 bridgehead atoms. The predicted molar refractivity (Wildman–Crippen MR) is 155 cm³/mol. The van der Waals surface area contributed by atoms with Crippen LogP contribution in [0.25, 0.3) is 0 Å². The van der Waals surface area contributed by atoms with Crippen LogP contribution in [0, 0.1) is 27.7 Å². The maximum atomic E-state index is 6.22. The van der Waals surface area contributed by atoms with E-state index >= 15 is 0 Å². The van der Waals surface area contributed by atoms with Crippen LogP contribution in [0.5, 0.6) is 11.5 Å². The third-order valence-corrected chi connectivity index (χ3v) is 7.45. The molecular formula is C32H52N2O2. The van der Waals surface area contributed by atoms with E-state index in [1.54, 1.807) is 0 Å². The maximum Gasteiger partial charge on any atom is 0.125 e. The van der Waals surface area contributed by atoms with Gasteiger partial charge in [0.2, 0.25) is 0 Å². The third-order valence-electron chi connectivity index (χ3n) is 7.45. The van der Waals surface area contributed by atoms with Crippen LogP contribution in [0.15, 0.2) is 36.4 Å². The number of likely N-dealkylation sites (N-methyl/N-ethyl adjacent to an activating group) is 2. The molecule has 0 unspecified atom stereocenters. The molecule has 0 fully saturated rings. The Labute approximate surface area is 222 Å². The number of unbranched alkanes of at least 4 members (excludes halogenated alkanes) is 3. The van der Waals surface area contributed by atoms with Gasteiger partial charge < -0.3 is 9.47 Å². The van der Waals surface area contributed by atoms with Crippen molar-refractivity contribution in [2.75, 3.05) is 39.4 Å². The van der Waals surface area contributed by atoms with Gasteiger partial charge in [0.1, 0.15) is 24.7 Å². The number of hydrogen-bond acceptors (Lipinski definition) is 4. The van der Waals surface area contributed by atoms with E-state index in [0.717, 1.165) is 50.9 Å². The van der Waals surface area contributed by atoms with Crippen LogP contribution < -0.4 is 9.47 Å². The summed E-state index contributed by atoms with van der Waals surface area (Å²) in [6.07, 6.45) is 5.06. The van der Waals surface area contributed by atoms with E-state index in [0.29, 0.717) is 12.1 Å². The Morgan fingerprint density at radius 3 is 1.22 bits per heavy atom. The minimum atomic E-state index is 0.419. The average Bonchev–Trinajstić information content (AvgIpc) is 2.85. The minimum absolute atomic E-state index is 0.419. The molecule has 2 rings (SSSR count). The molecule has 0 amide bonds. The predicted octanol–water partition coefficient (Wildman–Crippen LogP) is 7.36. The summed E-state index contributed by atoms with van der Waals surface area (Å²) < 4.78 is 12.4. The van der Waals surface area contributed by atoms with Gasteiger partial charge in [0.15, 0.2) is 0 Å². The average molecular weight is 497 g/mol. The van der Waals surface area contributed by atoms with Crippen molar-refractivity contribution < 1.29 is 9.47 Å². The van der Waals surface area contributed by atoms with E-state index in [9.17, 15) is 0 Å². The van der Waals surface area contributed by atoms with Crippen LogP contribution in [-0.2, 0) is 0 Å². The normalized spacial score (nSPS) is 13.3. The van der Waals surface area contributed by atoms with Crippen molar-refractivity contribution in [1.82, 2.24) is 9.80 Å². The highest BCUT2D eigenvalue weighted by Crippen LogP contribution is 2.24. The molecule has 4 heteroatoms. The first-order valence-electron chi connectivity index (χ1n) is 14.1. The molecule has 0 aromatic heterocycles. The van der Waals surface area contributed by atoms with E-state index < -0.39 is 0 Å². The SMILES string of the molecule is CCN(CCCCCCN(CC)[C@H](C)COc1c(C)cccc1C)[C@H](C)COc1c(C)cccc1C. The van der Waals surface area contributed by atoms with E-state index in [1.807, 2.05) is 0 Å². The van der Waals surface area contributed by atoms with Gasteiger partial charge in [-0.3, -0.25) is 9.80 Å². The maximum absolute atomic E-state index is 6.22. The van der Waals surface area contributed by atoms with Gasteiger partial charge in [-0.15, -0.1) is 0 Å². The largest absolute Gasteiger partial charge is 0.491 e. The first-order valence-corrected chi connectivity index (χ1v) is 14.1. The van der Waals surface area contributed by atoms with Crippen LogP contribution in [0.1, 0.15) is 75.6 Å². The van der Waals surface area contributed by atoms with Crippen LogP contribution >= 0.6 is 0 Å². The van der Waals surface area contributed by atoms with Gasteiger partial charge in [-0.2, -0.15) is 0 Å². The van der Waals surface area contributed by atoms with Crippen molar-refractivity contribution in [2.24, 2.45) is 0 Å². The third kappa shape index (κ3) is 9.44. The second-order valence-corrected chi connectivity index (χ2v) is 10.4. The number of benzene rings is 2. The summed E-state index contributed by atoms with van der Waals surface area (Å²) in [6, 6.07) is 13.5. The summed E-state index contributed by atoms with van der Waals surface area (Å²) in [5, 5.41) is 0. The van der Waals surface area contributed by atoms with Gasteiger partial charge in [-0.25, -0.2) is 0 Å². The van der Waals surface area contributed by atoms with Crippen molar-refractivity contribution in [3.8, 4) is 11.5 Å². The van der Waals surface area contributed by atoms with E-state index in [1.165, 1.54) is 47.9 Å². The molecule has 2 aromatic carbocycles. The van der Waals surface area contributed by atoms with Gasteiger partial charge in [-0.1, -0.05) is 63.1 Å². The van der Waals surface area contributed by atoms with Gasteiger partial charge in [-0.05, 0) is 103 Å². The molecule has 0 aliphatic heterocycles. The van der Waals surface area contributed by atoms with Crippen molar-refractivity contribution in [2.45, 2.75) is 93.2 Å². The number of nitrogens with zero attached hydrogens (tertiary/aromatic N) is 2. The van der Waals surface area contributed by atoms with Crippen LogP contribution in [0.2, 0.25) is 0 Å². The number of para-hydroxylation sites is 2. The number of aryl methyl sites for hydroxylation is 4. The quantitative estimate of drug-likeness (QED) is 0.214. The van der Waals surface area contributed by atoms with Gasteiger partial charge in [0.25, 0.3) is 0 Å². The van der Waals surface area contributed by atoms with E-state index in [2.05, 4.69) is 102 Å². The van der Waals surface area contributed by atoms with Gasteiger partial charge in [0, 0.05) is 12.1 Å². The molecule has 2 atom stereocenters. The van der Waals surface area contributed by atoms with Crippen LogP contribution in [0.4, 0.5) is 0 Å². The van der Waals surface area contributed by atoms with E-state index in [-0.39, 0.29) is 0 Å².